The Bertz CT molecular complexity index is 401. The average Bonchev–Trinajstić information content (AvgIpc) is 2.69. The summed E-state index contributed by atoms with van der Waals surface area (Å²) in [5.41, 5.74) is 31.3. The van der Waals surface area contributed by atoms with Crippen LogP contribution in [-0.2, 0) is 31.5 Å². The maximum absolute atomic E-state index is 10.1. The van der Waals surface area contributed by atoms with E-state index in [1.807, 2.05) is 0 Å². The summed E-state index contributed by atoms with van der Waals surface area (Å²) in [5, 5.41) is 25.0. The Hall–Kier alpha value is -0.441. The minimum absolute atomic E-state index is 0. The van der Waals surface area contributed by atoms with Crippen molar-refractivity contribution in [3.63, 3.8) is 0 Å². The first-order chi connectivity index (χ1) is 14.0. The van der Waals surface area contributed by atoms with E-state index in [0.717, 1.165) is 38.5 Å². The van der Waals surface area contributed by atoms with E-state index < -0.39 is 36.0 Å². The molecule has 0 aromatic rings. The van der Waals surface area contributed by atoms with Crippen LogP contribution in [0.3, 0.4) is 0 Å². The van der Waals surface area contributed by atoms with Crippen molar-refractivity contribution in [1.29, 1.82) is 0 Å². The van der Waals surface area contributed by atoms with Crippen LogP contribution in [0, 0.1) is 0 Å². The summed E-state index contributed by atoms with van der Waals surface area (Å²) >= 11 is 0. The van der Waals surface area contributed by atoms with Gasteiger partial charge in [-0.05, 0) is 58.2 Å². The molecule has 0 aliphatic rings. The molecule has 0 saturated carbocycles. The van der Waals surface area contributed by atoms with Crippen LogP contribution in [0.15, 0.2) is 0 Å². The fraction of sp³-hybridized carbons (Fsp3) is 0.833. The molecule has 0 aliphatic heterocycles. The van der Waals surface area contributed by atoms with Crippen molar-refractivity contribution >= 4 is 17.9 Å². The molecule has 0 fully saturated rings. The second-order valence-electron chi connectivity index (χ2n) is 6.69. The third kappa shape index (κ3) is 41.8. The third-order valence-electron chi connectivity index (χ3n) is 3.86. The first-order valence-electron chi connectivity index (χ1n) is 10.1. The van der Waals surface area contributed by atoms with Gasteiger partial charge < -0.3 is 86.9 Å². The number of carboxylic acids is 3. The van der Waals surface area contributed by atoms with E-state index in [1.165, 1.54) is 0 Å². The first-order valence-corrected chi connectivity index (χ1v) is 10.1. The molecular weight excluding hydrogens is 558 g/mol. The number of unbranched alkanes of at least 4 members (excludes halogenated alkanes) is 3. The van der Waals surface area contributed by atoms with E-state index in [-0.39, 0.29) is 54.3 Å². The molecule has 0 amide bonds. The standard InChI is InChI=1S/3C6H14N2O2.3ClH.Fe/c3*7-4-2-1-3-5(8)6(9)10;;;;/h3*5H,1-4,7-8H2,(H,9,10);3*1H;/q;;;;;;+3/p-3/t3*5-;;;;/m000..../s1. The van der Waals surface area contributed by atoms with Crippen LogP contribution in [0.4, 0.5) is 0 Å². The van der Waals surface area contributed by atoms with Gasteiger partial charge in [-0.15, -0.1) is 0 Å². The Kier molecular flexibility index (Phi) is 55.1. The van der Waals surface area contributed by atoms with Crippen LogP contribution in [0.5, 0.6) is 0 Å². The Labute approximate surface area is 231 Å². The minimum Gasteiger partial charge on any atom is -1.00 e. The van der Waals surface area contributed by atoms with E-state index in [9.17, 15) is 14.4 Å². The fourth-order valence-electron chi connectivity index (χ4n) is 1.90. The number of aliphatic carboxylic acids is 3. The van der Waals surface area contributed by atoms with Crippen LogP contribution in [-0.4, -0.2) is 71.0 Å². The summed E-state index contributed by atoms with van der Waals surface area (Å²) < 4.78 is 0. The second kappa shape index (κ2) is 37.1. The Morgan fingerprint density at radius 3 is 0.794 bits per heavy atom. The van der Waals surface area contributed by atoms with E-state index in [1.54, 1.807) is 0 Å². The smallest absolute Gasteiger partial charge is 1.00 e. The second-order valence-corrected chi connectivity index (χ2v) is 6.69. The zero-order valence-electron chi connectivity index (χ0n) is 19.2. The van der Waals surface area contributed by atoms with Gasteiger partial charge in [0.2, 0.25) is 0 Å². The Morgan fingerprint density at radius 1 is 0.500 bits per heavy atom. The van der Waals surface area contributed by atoms with Crippen molar-refractivity contribution in [1.82, 2.24) is 0 Å². The molecule has 0 aromatic heterocycles. The van der Waals surface area contributed by atoms with Gasteiger partial charge in [-0.3, -0.25) is 14.4 Å². The molecule has 1 radical (unpaired) electrons. The molecule has 209 valence electrons. The molecule has 15 N–H and O–H groups in total. The van der Waals surface area contributed by atoms with E-state index in [4.69, 9.17) is 49.7 Å². The SMILES string of the molecule is NCCCC[C@H](N)C(=O)O.NCCCC[C@H](N)C(=O)O.NCCCC[C@H](N)C(=O)O.[Cl-].[Cl-].[Cl-].[Fe+3]. The molecule has 0 aliphatic carbocycles. The predicted octanol–water partition coefficient (Wildman–Crippen LogP) is -10.4. The van der Waals surface area contributed by atoms with Gasteiger partial charge in [0.15, 0.2) is 0 Å². The van der Waals surface area contributed by atoms with Crippen molar-refractivity contribution in [2.75, 3.05) is 19.6 Å². The topological polar surface area (TPSA) is 268 Å². The number of nitrogens with two attached hydrogens (primary N) is 6. The maximum atomic E-state index is 10.1. The number of halogens is 3. The molecule has 16 heteroatoms. The predicted molar refractivity (Wildman–Crippen MR) is 116 cm³/mol. The summed E-state index contributed by atoms with van der Waals surface area (Å²) in [6.45, 7) is 1.81. The summed E-state index contributed by atoms with van der Waals surface area (Å²) in [7, 11) is 0. The molecule has 0 bridgehead atoms. The van der Waals surface area contributed by atoms with Crippen LogP contribution in [0.2, 0.25) is 0 Å². The van der Waals surface area contributed by atoms with E-state index >= 15 is 0 Å². The van der Waals surface area contributed by atoms with E-state index in [2.05, 4.69) is 0 Å². The van der Waals surface area contributed by atoms with Gasteiger partial charge in [-0.25, -0.2) is 0 Å². The van der Waals surface area contributed by atoms with Crippen molar-refractivity contribution in [2.24, 2.45) is 34.4 Å². The van der Waals surface area contributed by atoms with Crippen molar-refractivity contribution in [3.05, 3.63) is 0 Å². The van der Waals surface area contributed by atoms with Gasteiger partial charge in [0.25, 0.3) is 0 Å². The van der Waals surface area contributed by atoms with Gasteiger partial charge in [0.1, 0.15) is 18.1 Å². The fourth-order valence-corrected chi connectivity index (χ4v) is 1.90. The number of carbonyl (C=O) groups is 3. The van der Waals surface area contributed by atoms with E-state index in [0.29, 0.717) is 38.9 Å². The van der Waals surface area contributed by atoms with Crippen molar-refractivity contribution in [3.8, 4) is 0 Å². The molecule has 0 unspecified atom stereocenters. The monoisotopic (exact) mass is 599 g/mol. The Morgan fingerprint density at radius 2 is 0.676 bits per heavy atom. The van der Waals surface area contributed by atoms with Crippen LogP contribution >= 0.6 is 0 Å². The van der Waals surface area contributed by atoms with Crippen LogP contribution in [0.1, 0.15) is 57.8 Å². The molecule has 0 saturated heterocycles. The van der Waals surface area contributed by atoms with Crippen LogP contribution < -0.4 is 71.6 Å². The normalized spacial score (nSPS) is 11.5. The van der Waals surface area contributed by atoms with Crippen LogP contribution in [0.25, 0.3) is 0 Å². The molecule has 12 nitrogen and oxygen atoms in total. The molecule has 34 heavy (non-hydrogen) atoms. The number of rotatable bonds is 15. The number of hydrogen-bond acceptors (Lipinski definition) is 9. The maximum Gasteiger partial charge on any atom is 3.00 e. The number of carboxylic acid groups (broad SMARTS) is 3. The summed E-state index contributed by atoms with van der Waals surface area (Å²) in [6, 6.07) is -2.15. The summed E-state index contributed by atoms with van der Waals surface area (Å²) in [5.74, 6) is -2.80. The minimum atomic E-state index is -0.933. The first kappa shape index (κ1) is 50.4. The molecule has 3 atom stereocenters. The molecular formula is C18H42Cl3FeN6O6. The Balaban J connectivity index is -0.0000000607. The van der Waals surface area contributed by atoms with Gasteiger partial charge in [-0.2, -0.15) is 0 Å². The molecule has 0 aromatic carbocycles. The van der Waals surface area contributed by atoms with Gasteiger partial charge in [0, 0.05) is 0 Å². The average molecular weight is 601 g/mol. The number of hydrogen-bond donors (Lipinski definition) is 9. The quantitative estimate of drug-likeness (QED) is 0.0626. The third-order valence-corrected chi connectivity index (χ3v) is 3.86. The molecule has 0 rings (SSSR count). The van der Waals surface area contributed by atoms with Crippen molar-refractivity contribution < 1.29 is 84.0 Å². The van der Waals surface area contributed by atoms with Gasteiger partial charge in [0.05, 0.1) is 0 Å². The molecule has 0 spiro atoms. The van der Waals surface area contributed by atoms with Crippen molar-refractivity contribution in [2.45, 2.75) is 75.9 Å². The zero-order chi connectivity index (χ0) is 23.9. The largest absolute Gasteiger partial charge is 3.00 e. The van der Waals surface area contributed by atoms with Gasteiger partial charge in [-0.1, -0.05) is 19.3 Å². The summed E-state index contributed by atoms with van der Waals surface area (Å²) in [6.07, 6.45) is 6.49. The van der Waals surface area contributed by atoms with Gasteiger partial charge >= 0.3 is 35.0 Å². The summed E-state index contributed by atoms with van der Waals surface area (Å²) in [4.78, 5) is 30.4. The zero-order valence-corrected chi connectivity index (χ0v) is 22.6. The molecule has 0 heterocycles.